The third-order valence-corrected chi connectivity index (χ3v) is 10.0. The number of anilines is 1. The average Bonchev–Trinajstić information content (AvgIpc) is 3.84. The maximum atomic E-state index is 13.9. The molecule has 22 nitrogen and oxygen atoms in total. The number of esters is 1. The first-order valence-corrected chi connectivity index (χ1v) is 22.2. The Bertz CT molecular complexity index is 2280. The van der Waals surface area contributed by atoms with E-state index in [1.165, 1.54) is 31.5 Å². The summed E-state index contributed by atoms with van der Waals surface area (Å²) in [5.74, 6) is -3.65. The topological polar surface area (TPSA) is 289 Å². The molecular formula is C39H54N8O14S2. The zero-order valence-corrected chi connectivity index (χ0v) is 38.4. The second-order valence-electron chi connectivity index (χ2n) is 16.5. The summed E-state index contributed by atoms with van der Waals surface area (Å²) in [5.41, 5.74) is -3.93. The van der Waals surface area contributed by atoms with Gasteiger partial charge in [0.05, 0.1) is 31.1 Å². The van der Waals surface area contributed by atoms with Crippen LogP contribution in [0.2, 0.25) is 0 Å². The van der Waals surface area contributed by atoms with E-state index in [-0.39, 0.29) is 26.6 Å². The van der Waals surface area contributed by atoms with Crippen LogP contribution >= 0.6 is 11.3 Å². The number of oxime groups is 1. The molecule has 1 aliphatic rings. The van der Waals surface area contributed by atoms with Gasteiger partial charge in [-0.15, -0.1) is 11.3 Å². The van der Waals surface area contributed by atoms with E-state index >= 15 is 0 Å². The van der Waals surface area contributed by atoms with Gasteiger partial charge in [-0.25, -0.2) is 18.9 Å². The molecule has 3 aromatic heterocycles. The van der Waals surface area contributed by atoms with Crippen LogP contribution in [-0.2, 0) is 39.0 Å². The SMILES string of the molecule is CCCCOc1cnc(-c2cc(C(=O)NC[C@@H]3[C@H](NC(=O)/C(=N\OC(C)(C)C(=O)OC(C)(C)C)c4csc(NC(=O)OC(C)(C)C)n4)C(=O)N3S(=O)(=O)O)on2)cc1OCCCC. The van der Waals surface area contributed by atoms with E-state index < -0.39 is 81.2 Å². The molecule has 4 heterocycles. The maximum Gasteiger partial charge on any atom is 0.413 e. The van der Waals surface area contributed by atoms with Crippen molar-refractivity contribution in [2.45, 2.75) is 124 Å². The normalized spacial score (nSPS) is 15.8. The molecule has 1 saturated heterocycles. The lowest BCUT2D eigenvalue weighted by molar-refractivity contribution is -0.179. The van der Waals surface area contributed by atoms with Gasteiger partial charge >= 0.3 is 22.4 Å². The van der Waals surface area contributed by atoms with E-state index in [4.69, 9.17) is 28.3 Å². The lowest BCUT2D eigenvalue weighted by atomic mass is 9.98. The fourth-order valence-corrected chi connectivity index (χ4v) is 6.79. The van der Waals surface area contributed by atoms with Crippen molar-refractivity contribution < 1.29 is 65.3 Å². The van der Waals surface area contributed by atoms with Crippen LogP contribution < -0.4 is 25.4 Å². The molecule has 0 unspecified atom stereocenters. The van der Waals surface area contributed by atoms with Gasteiger partial charge in [-0.2, -0.15) is 8.42 Å². The van der Waals surface area contributed by atoms with Gasteiger partial charge in [-0.1, -0.05) is 37.0 Å². The van der Waals surface area contributed by atoms with Gasteiger partial charge in [0.25, 0.3) is 17.7 Å². The Hall–Kier alpha value is -5.88. The number of rotatable bonds is 20. The van der Waals surface area contributed by atoms with E-state index in [1.54, 1.807) is 47.6 Å². The van der Waals surface area contributed by atoms with E-state index in [0.29, 0.717) is 30.4 Å². The van der Waals surface area contributed by atoms with E-state index in [0.717, 1.165) is 37.0 Å². The van der Waals surface area contributed by atoms with E-state index in [1.807, 2.05) is 13.8 Å². The summed E-state index contributed by atoms with van der Waals surface area (Å²) in [6.45, 7) is 16.8. The number of hydrogen-bond acceptors (Lipinski definition) is 18. The third-order valence-electron chi connectivity index (χ3n) is 8.34. The van der Waals surface area contributed by atoms with Crippen molar-refractivity contribution in [3.63, 3.8) is 0 Å². The minimum atomic E-state index is -5.20. The molecule has 0 aliphatic carbocycles. The van der Waals surface area contributed by atoms with Crippen LogP contribution in [0.3, 0.4) is 0 Å². The third kappa shape index (κ3) is 14.1. The molecule has 3 aromatic rings. The number of thiazole rings is 1. The molecule has 0 saturated carbocycles. The zero-order chi connectivity index (χ0) is 46.9. The zero-order valence-electron chi connectivity index (χ0n) is 36.7. The van der Waals surface area contributed by atoms with Gasteiger partial charge in [0.1, 0.15) is 28.6 Å². The fraction of sp³-hybridized carbons (Fsp3) is 0.564. The Morgan fingerprint density at radius 3 is 2.17 bits per heavy atom. The number of aromatic nitrogens is 3. The van der Waals surface area contributed by atoms with Crippen molar-refractivity contribution in [2.24, 2.45) is 5.16 Å². The van der Waals surface area contributed by atoms with E-state index in [9.17, 15) is 36.9 Å². The van der Waals surface area contributed by atoms with Gasteiger partial charge < -0.3 is 38.9 Å². The van der Waals surface area contributed by atoms with Crippen LogP contribution in [0.25, 0.3) is 11.4 Å². The second-order valence-corrected chi connectivity index (χ2v) is 18.7. The molecule has 2 atom stereocenters. The molecule has 0 aromatic carbocycles. The first kappa shape index (κ1) is 49.8. The molecule has 0 radical (unpaired) electrons. The van der Waals surface area contributed by atoms with Crippen molar-refractivity contribution in [3.05, 3.63) is 35.2 Å². The van der Waals surface area contributed by atoms with Crippen LogP contribution in [0.15, 0.2) is 33.4 Å². The van der Waals surface area contributed by atoms with Crippen LogP contribution in [0, 0.1) is 0 Å². The monoisotopic (exact) mass is 922 g/mol. The highest BCUT2D eigenvalue weighted by Crippen LogP contribution is 2.32. The number of carbonyl (C=O) groups excluding carboxylic acids is 5. The van der Waals surface area contributed by atoms with Crippen molar-refractivity contribution in [2.75, 3.05) is 25.1 Å². The predicted octanol–water partition coefficient (Wildman–Crippen LogP) is 4.67. The van der Waals surface area contributed by atoms with Crippen LogP contribution in [0.1, 0.15) is 111 Å². The summed E-state index contributed by atoms with van der Waals surface area (Å²) < 4.78 is 62.2. The summed E-state index contributed by atoms with van der Waals surface area (Å²) in [5, 5.41) is 16.3. The average molecular weight is 923 g/mol. The van der Waals surface area contributed by atoms with Crippen molar-refractivity contribution in [3.8, 4) is 22.9 Å². The second kappa shape index (κ2) is 20.5. The highest BCUT2D eigenvalue weighted by Gasteiger charge is 2.54. The summed E-state index contributed by atoms with van der Waals surface area (Å²) in [6.07, 6.45) is 4.07. The number of hydrogen-bond donors (Lipinski definition) is 4. The first-order valence-electron chi connectivity index (χ1n) is 19.9. The maximum absolute atomic E-state index is 13.9. The number of ether oxygens (including phenoxy) is 4. The summed E-state index contributed by atoms with van der Waals surface area (Å²) >= 11 is 0.863. The number of pyridine rings is 1. The Morgan fingerprint density at radius 2 is 1.57 bits per heavy atom. The van der Waals surface area contributed by atoms with Crippen LogP contribution in [0.4, 0.5) is 9.93 Å². The van der Waals surface area contributed by atoms with E-state index in [2.05, 4.69) is 36.2 Å². The lowest BCUT2D eigenvalue weighted by Gasteiger charge is -2.44. The first-order chi connectivity index (χ1) is 29.3. The van der Waals surface area contributed by atoms with Crippen LogP contribution in [0.5, 0.6) is 11.5 Å². The lowest BCUT2D eigenvalue weighted by Crippen LogP contribution is -2.74. The largest absolute Gasteiger partial charge is 0.490 e. The summed E-state index contributed by atoms with van der Waals surface area (Å²) in [4.78, 5) is 79.8. The predicted molar refractivity (Wildman–Crippen MR) is 227 cm³/mol. The van der Waals surface area contributed by atoms with Gasteiger partial charge in [-0.3, -0.25) is 29.2 Å². The molecule has 4 amide bonds. The number of amides is 4. The molecule has 1 fully saturated rings. The minimum Gasteiger partial charge on any atom is -0.490 e. The summed E-state index contributed by atoms with van der Waals surface area (Å²) in [6, 6.07) is -0.384. The quantitative estimate of drug-likeness (QED) is 0.0299. The van der Waals surface area contributed by atoms with Gasteiger partial charge in [0.2, 0.25) is 11.4 Å². The standard InChI is InChI=1S/C39H54N8O14S2/c1-11-13-15-56-26-17-22(40-20-28(26)57-16-14-12-2)23-18-27(60-45-23)31(48)41-19-25-30(33(50)47(25)63(53,54)55)43-32(49)29(46-61-39(9,10)34(51)58-37(3,4)5)24-21-62-35(42-24)44-36(52)59-38(6,7)8/h17-18,20-21,25,30H,11-16,19H2,1-10H3,(H,41,48)(H,43,49)(H,42,44,52)(H,53,54,55)/b46-29-/t25-,30+/m1/s1. The van der Waals surface area contributed by atoms with Crippen LogP contribution in [-0.4, -0.2) is 117 Å². The van der Waals surface area contributed by atoms with Crippen molar-refractivity contribution in [1.29, 1.82) is 0 Å². The molecular weight excluding hydrogens is 869 g/mol. The summed E-state index contributed by atoms with van der Waals surface area (Å²) in [7, 11) is -5.20. The van der Waals surface area contributed by atoms with Gasteiger partial charge in [0, 0.05) is 24.1 Å². The number of β-lactam (4-membered cyclic amide) rings is 1. The molecule has 346 valence electrons. The molecule has 63 heavy (non-hydrogen) atoms. The Morgan fingerprint density at radius 1 is 0.937 bits per heavy atom. The highest BCUT2D eigenvalue weighted by atomic mass is 32.2. The van der Waals surface area contributed by atoms with Gasteiger partial charge in [-0.05, 0) is 68.2 Å². The number of nitrogens with zero attached hydrogens (tertiary/aromatic N) is 5. The molecule has 4 N–H and O–H groups in total. The fourth-order valence-electron chi connectivity index (χ4n) is 5.23. The Kier molecular flexibility index (Phi) is 16.2. The van der Waals surface area contributed by atoms with Crippen molar-refractivity contribution >= 4 is 62.3 Å². The smallest absolute Gasteiger partial charge is 0.413 e. The molecule has 4 rings (SSSR count). The molecule has 0 spiro atoms. The van der Waals surface area contributed by atoms with Gasteiger partial charge in [0.15, 0.2) is 22.3 Å². The number of nitrogens with one attached hydrogen (secondary N) is 3. The Labute approximate surface area is 368 Å². The Balaban J connectivity index is 1.56. The number of carbonyl (C=O) groups is 5. The number of unbranched alkanes of at least 4 members (excludes halogenated alkanes) is 2. The molecule has 24 heteroatoms. The molecule has 1 aliphatic heterocycles. The van der Waals surface area contributed by atoms with Crippen molar-refractivity contribution in [1.82, 2.24) is 30.1 Å². The molecule has 0 bridgehead atoms. The highest BCUT2D eigenvalue weighted by molar-refractivity contribution is 7.84. The minimum absolute atomic E-state index is 0.0375.